The second kappa shape index (κ2) is 6.65. The zero-order valence-electron chi connectivity index (χ0n) is 11.0. The Labute approximate surface area is 122 Å². The van der Waals surface area contributed by atoms with E-state index < -0.39 is 0 Å². The van der Waals surface area contributed by atoms with E-state index in [0.717, 1.165) is 59.7 Å². The van der Waals surface area contributed by atoms with Crippen LogP contribution in [-0.4, -0.2) is 29.2 Å². The number of aryl methyl sites for hydroxylation is 1. The van der Waals surface area contributed by atoms with E-state index >= 15 is 0 Å². The molecule has 5 heteroatoms. The average Bonchev–Trinajstić information content (AvgIpc) is 2.86. The standard InChI is InChI=1S/C13H20IN3O/c1-3-10-12(14)13(15-4-2)17-11(16-10)8-9-6-5-7-18-9/h9H,3-8H2,1-2H3,(H,15,16,17). The van der Waals surface area contributed by atoms with E-state index in [1.54, 1.807) is 0 Å². The maximum Gasteiger partial charge on any atom is 0.143 e. The van der Waals surface area contributed by atoms with Gasteiger partial charge in [0.05, 0.1) is 15.4 Å². The summed E-state index contributed by atoms with van der Waals surface area (Å²) in [5.41, 5.74) is 1.13. The van der Waals surface area contributed by atoms with Gasteiger partial charge < -0.3 is 10.1 Å². The molecule has 0 saturated carbocycles. The van der Waals surface area contributed by atoms with Gasteiger partial charge in [-0.3, -0.25) is 0 Å². The average molecular weight is 361 g/mol. The molecule has 1 aliphatic heterocycles. The van der Waals surface area contributed by atoms with Gasteiger partial charge in [-0.25, -0.2) is 9.97 Å². The lowest BCUT2D eigenvalue weighted by molar-refractivity contribution is 0.110. The molecule has 0 amide bonds. The summed E-state index contributed by atoms with van der Waals surface area (Å²) in [6.07, 6.45) is 4.38. The van der Waals surface area contributed by atoms with Gasteiger partial charge in [-0.15, -0.1) is 0 Å². The normalized spacial score (nSPS) is 19.2. The predicted octanol–water partition coefficient (Wildman–Crippen LogP) is 2.80. The molecule has 1 saturated heterocycles. The van der Waals surface area contributed by atoms with Gasteiger partial charge >= 0.3 is 0 Å². The lowest BCUT2D eigenvalue weighted by Crippen LogP contribution is -2.15. The zero-order chi connectivity index (χ0) is 13.0. The zero-order valence-corrected chi connectivity index (χ0v) is 13.2. The van der Waals surface area contributed by atoms with Crippen LogP contribution in [0.15, 0.2) is 0 Å². The van der Waals surface area contributed by atoms with Crippen LogP contribution in [0.5, 0.6) is 0 Å². The van der Waals surface area contributed by atoms with Crippen LogP contribution in [0.2, 0.25) is 0 Å². The number of hydrogen-bond acceptors (Lipinski definition) is 4. The van der Waals surface area contributed by atoms with Crippen LogP contribution in [0.3, 0.4) is 0 Å². The van der Waals surface area contributed by atoms with Gasteiger partial charge in [0.1, 0.15) is 11.6 Å². The summed E-state index contributed by atoms with van der Waals surface area (Å²) >= 11 is 2.33. The van der Waals surface area contributed by atoms with Crippen LogP contribution in [0, 0.1) is 3.57 Å². The summed E-state index contributed by atoms with van der Waals surface area (Å²) in [6.45, 7) is 5.99. The fourth-order valence-corrected chi connectivity index (χ4v) is 2.98. The highest BCUT2D eigenvalue weighted by Gasteiger charge is 2.19. The fourth-order valence-electron chi connectivity index (χ4n) is 2.16. The van der Waals surface area contributed by atoms with Crippen molar-refractivity contribution in [1.82, 2.24) is 9.97 Å². The van der Waals surface area contributed by atoms with Gasteiger partial charge in [-0.1, -0.05) is 6.92 Å². The molecule has 1 aliphatic rings. The minimum atomic E-state index is 0.309. The first kappa shape index (κ1) is 14.0. The summed E-state index contributed by atoms with van der Waals surface area (Å²) < 4.78 is 6.80. The molecule has 0 bridgehead atoms. The van der Waals surface area contributed by atoms with Crippen molar-refractivity contribution in [2.45, 2.75) is 45.6 Å². The first-order valence-corrected chi connectivity index (χ1v) is 7.73. The number of anilines is 1. The Balaban J connectivity index is 2.20. The Kier molecular flexibility index (Phi) is 5.17. The Morgan fingerprint density at radius 3 is 2.83 bits per heavy atom. The molecule has 0 aliphatic carbocycles. The summed E-state index contributed by atoms with van der Waals surface area (Å²) in [4.78, 5) is 9.28. The molecule has 2 heterocycles. The second-order valence-electron chi connectivity index (χ2n) is 4.47. The van der Waals surface area contributed by atoms with E-state index in [-0.39, 0.29) is 0 Å². The van der Waals surface area contributed by atoms with Crippen molar-refractivity contribution in [1.29, 1.82) is 0 Å². The summed E-state index contributed by atoms with van der Waals surface area (Å²) in [5.74, 6) is 1.88. The third-order valence-electron chi connectivity index (χ3n) is 3.08. The van der Waals surface area contributed by atoms with Crippen LogP contribution in [-0.2, 0) is 17.6 Å². The first-order valence-electron chi connectivity index (χ1n) is 6.65. The number of nitrogens with one attached hydrogen (secondary N) is 1. The molecule has 1 atom stereocenters. The minimum Gasteiger partial charge on any atom is -0.378 e. The van der Waals surface area contributed by atoms with Gasteiger partial charge in [0.15, 0.2) is 0 Å². The van der Waals surface area contributed by atoms with Crippen molar-refractivity contribution < 1.29 is 4.74 Å². The summed E-state index contributed by atoms with van der Waals surface area (Å²) in [5, 5.41) is 3.32. The number of halogens is 1. The molecule has 2 rings (SSSR count). The van der Waals surface area contributed by atoms with Crippen LogP contribution in [0.4, 0.5) is 5.82 Å². The Morgan fingerprint density at radius 1 is 1.39 bits per heavy atom. The molecule has 100 valence electrons. The van der Waals surface area contributed by atoms with Gasteiger partial charge in [-0.05, 0) is 48.8 Å². The molecule has 1 fully saturated rings. The second-order valence-corrected chi connectivity index (χ2v) is 5.55. The van der Waals surface area contributed by atoms with E-state index in [2.05, 4.69) is 51.7 Å². The van der Waals surface area contributed by atoms with E-state index in [1.807, 2.05) is 0 Å². The highest BCUT2D eigenvalue weighted by atomic mass is 127. The van der Waals surface area contributed by atoms with Crippen LogP contribution < -0.4 is 5.32 Å². The molecule has 1 N–H and O–H groups in total. The molecule has 0 spiro atoms. The highest BCUT2D eigenvalue weighted by molar-refractivity contribution is 14.1. The molecule has 1 aromatic heterocycles. The molecule has 1 unspecified atom stereocenters. The maximum atomic E-state index is 5.66. The van der Waals surface area contributed by atoms with Gasteiger partial charge in [-0.2, -0.15) is 0 Å². The van der Waals surface area contributed by atoms with E-state index in [0.29, 0.717) is 6.10 Å². The molecule has 18 heavy (non-hydrogen) atoms. The van der Waals surface area contributed by atoms with Crippen molar-refractivity contribution in [3.05, 3.63) is 15.1 Å². The third-order valence-corrected chi connectivity index (χ3v) is 4.21. The Bertz CT molecular complexity index is 405. The SMILES string of the molecule is CCNc1nc(CC2CCCO2)nc(CC)c1I. The molecular weight excluding hydrogens is 341 g/mol. The Hall–Kier alpha value is -0.430. The lowest BCUT2D eigenvalue weighted by Gasteiger charge is -2.13. The molecule has 4 nitrogen and oxygen atoms in total. The smallest absolute Gasteiger partial charge is 0.143 e. The van der Waals surface area contributed by atoms with E-state index in [9.17, 15) is 0 Å². The van der Waals surface area contributed by atoms with Gasteiger partial charge in [0.2, 0.25) is 0 Å². The molecule has 0 radical (unpaired) electrons. The largest absolute Gasteiger partial charge is 0.378 e. The Morgan fingerprint density at radius 2 is 2.22 bits per heavy atom. The number of aromatic nitrogens is 2. The number of ether oxygens (including phenoxy) is 1. The third kappa shape index (κ3) is 3.32. The number of hydrogen-bond donors (Lipinski definition) is 1. The van der Waals surface area contributed by atoms with Crippen molar-refractivity contribution >= 4 is 28.4 Å². The minimum absolute atomic E-state index is 0.309. The number of nitrogens with zero attached hydrogens (tertiary/aromatic N) is 2. The summed E-state index contributed by atoms with van der Waals surface area (Å²) in [6, 6.07) is 0. The van der Waals surface area contributed by atoms with Crippen molar-refractivity contribution in [3.63, 3.8) is 0 Å². The van der Waals surface area contributed by atoms with Gasteiger partial charge in [0, 0.05) is 19.6 Å². The predicted molar refractivity (Wildman–Crippen MR) is 81.0 cm³/mol. The van der Waals surface area contributed by atoms with Crippen LogP contribution in [0.25, 0.3) is 0 Å². The molecular formula is C13H20IN3O. The van der Waals surface area contributed by atoms with Crippen molar-refractivity contribution in [3.8, 4) is 0 Å². The fraction of sp³-hybridized carbons (Fsp3) is 0.692. The highest BCUT2D eigenvalue weighted by Crippen LogP contribution is 2.22. The van der Waals surface area contributed by atoms with E-state index in [4.69, 9.17) is 4.74 Å². The maximum absolute atomic E-state index is 5.66. The van der Waals surface area contributed by atoms with Crippen molar-refractivity contribution in [2.75, 3.05) is 18.5 Å². The molecule has 1 aromatic rings. The van der Waals surface area contributed by atoms with Crippen molar-refractivity contribution in [2.24, 2.45) is 0 Å². The quantitative estimate of drug-likeness (QED) is 0.820. The topological polar surface area (TPSA) is 47.0 Å². The van der Waals surface area contributed by atoms with E-state index in [1.165, 1.54) is 0 Å². The van der Waals surface area contributed by atoms with Crippen LogP contribution in [0.1, 0.15) is 38.2 Å². The summed E-state index contributed by atoms with van der Waals surface area (Å²) in [7, 11) is 0. The van der Waals surface area contributed by atoms with Crippen LogP contribution >= 0.6 is 22.6 Å². The van der Waals surface area contributed by atoms with Gasteiger partial charge in [0.25, 0.3) is 0 Å². The number of rotatable bonds is 5. The lowest BCUT2D eigenvalue weighted by atomic mass is 10.1. The monoisotopic (exact) mass is 361 g/mol. The first-order chi connectivity index (χ1) is 8.74. The molecule has 0 aromatic carbocycles.